The van der Waals surface area contributed by atoms with Gasteiger partial charge in [-0.15, -0.1) is 0 Å². The van der Waals surface area contributed by atoms with Crippen LogP contribution < -0.4 is 4.74 Å². The molecule has 1 heteroatoms. The summed E-state index contributed by atoms with van der Waals surface area (Å²) in [6, 6.07) is 41.9. The Morgan fingerprint density at radius 1 is 0.477 bits per heavy atom. The summed E-state index contributed by atoms with van der Waals surface area (Å²) in [7, 11) is 0. The van der Waals surface area contributed by atoms with Gasteiger partial charge in [0, 0.05) is 30.3 Å². The third-order valence-corrected chi connectivity index (χ3v) is 9.12. The molecule has 1 aliphatic heterocycles. The van der Waals surface area contributed by atoms with Crippen molar-refractivity contribution >= 4 is 0 Å². The summed E-state index contributed by atoms with van der Waals surface area (Å²) in [5, 5.41) is 0. The molecule has 0 spiro atoms. The van der Waals surface area contributed by atoms with Gasteiger partial charge in [0.15, 0.2) is 0 Å². The van der Waals surface area contributed by atoms with Crippen molar-refractivity contribution in [3.05, 3.63) is 144 Å². The normalized spacial score (nSPS) is 16.5. The first-order valence-corrected chi connectivity index (χ1v) is 15.1. The van der Waals surface area contributed by atoms with Gasteiger partial charge in [0.05, 0.1) is 0 Å². The molecule has 0 fully saturated rings. The first-order valence-electron chi connectivity index (χ1n) is 18.1. The maximum atomic E-state index is 8.81. The fraction of sp³-hybridized carbons (Fsp3) is 0.163. The van der Waals surface area contributed by atoms with Gasteiger partial charge in [0.25, 0.3) is 0 Å². The van der Waals surface area contributed by atoms with Gasteiger partial charge in [0.2, 0.25) is 0 Å². The van der Waals surface area contributed by atoms with Crippen LogP contribution in [0, 0.1) is 0 Å². The Bertz CT molecular complexity index is 2310. The molecule has 0 radical (unpaired) electrons. The quantitative estimate of drug-likeness (QED) is 0.189. The number of hydrogen-bond acceptors (Lipinski definition) is 1. The molecule has 6 aromatic carbocycles. The largest absolute Gasteiger partial charge is 0.456 e. The average molecular weight is 575 g/mol. The molecule has 6 aromatic rings. The number of rotatable bonds is 1. The van der Waals surface area contributed by atoms with Crippen LogP contribution in [0.4, 0.5) is 0 Å². The summed E-state index contributed by atoms with van der Waals surface area (Å²) >= 11 is 0. The van der Waals surface area contributed by atoms with E-state index in [1.165, 1.54) is 0 Å². The van der Waals surface area contributed by atoms with Crippen LogP contribution in [-0.2, 0) is 10.8 Å². The van der Waals surface area contributed by atoms with Gasteiger partial charge >= 0.3 is 0 Å². The van der Waals surface area contributed by atoms with E-state index < -0.39 is 19.1 Å². The molecule has 8 rings (SSSR count). The van der Waals surface area contributed by atoms with E-state index in [1.807, 2.05) is 6.07 Å². The smallest absolute Gasteiger partial charge is 0.139 e. The second-order valence-corrected chi connectivity index (χ2v) is 12.9. The molecule has 0 atom stereocenters. The minimum atomic E-state index is -2.92. The first-order chi connectivity index (χ1) is 23.7. The van der Waals surface area contributed by atoms with Crippen molar-refractivity contribution in [1.29, 1.82) is 0 Å². The molecule has 0 saturated heterocycles. The summed E-state index contributed by atoms with van der Waals surface area (Å²) in [5.74, 6) is 0.493. The van der Waals surface area contributed by atoms with E-state index in [4.69, 9.17) is 13.0 Å². The number of benzene rings is 6. The molecule has 0 saturated carbocycles. The number of hydrogen-bond donors (Lipinski definition) is 0. The predicted molar refractivity (Wildman–Crippen MR) is 185 cm³/mol. The fourth-order valence-corrected chi connectivity index (χ4v) is 7.02. The maximum absolute atomic E-state index is 8.81. The van der Waals surface area contributed by atoms with Crippen LogP contribution in [0.25, 0.3) is 55.6 Å². The molecule has 0 N–H and O–H groups in total. The van der Waals surface area contributed by atoms with E-state index in [9.17, 15) is 0 Å². The predicted octanol–water partition coefficient (Wildman–Crippen LogP) is 12.1. The Balaban J connectivity index is 1.50. The Hall–Kier alpha value is -4.88. The molecule has 44 heavy (non-hydrogen) atoms. The van der Waals surface area contributed by atoms with Gasteiger partial charge in [-0.2, -0.15) is 0 Å². The molecule has 0 bridgehead atoms. The standard InChI is InChI=1S/C43H36O/c1-42(2,3)39-26-35-32-20-11-9-18-30(32)28-16-7-6-15-27(28)29-17-8-10-19-31(29)34(35)25-36(39)33-21-14-23-38-41(33)44-40-24-13-12-22-37(40)43(38,4)5/h6-26H,1-5H3/i4D3,5D3. The van der Waals surface area contributed by atoms with E-state index in [0.29, 0.717) is 5.56 Å². The number of fused-ring (bicyclic) bond motifs is 10. The lowest BCUT2D eigenvalue weighted by molar-refractivity contribution is 0.419. The van der Waals surface area contributed by atoms with Crippen molar-refractivity contribution in [1.82, 2.24) is 0 Å². The number of ether oxygens (including phenoxy) is 1. The van der Waals surface area contributed by atoms with E-state index in [-0.39, 0.29) is 28.0 Å². The highest BCUT2D eigenvalue weighted by Gasteiger charge is 2.36. The van der Waals surface area contributed by atoms with Crippen LogP contribution in [0.3, 0.4) is 0 Å². The Labute approximate surface area is 269 Å². The van der Waals surface area contributed by atoms with E-state index in [2.05, 4.69) is 106 Å². The highest BCUT2D eigenvalue weighted by Crippen LogP contribution is 2.54. The van der Waals surface area contributed by atoms with E-state index in [1.54, 1.807) is 36.4 Å². The van der Waals surface area contributed by atoms with Gasteiger partial charge in [-0.25, -0.2) is 0 Å². The maximum Gasteiger partial charge on any atom is 0.139 e. The monoisotopic (exact) mass is 574 g/mol. The van der Waals surface area contributed by atoms with E-state index >= 15 is 0 Å². The van der Waals surface area contributed by atoms with E-state index in [0.717, 1.165) is 55.6 Å². The second-order valence-electron chi connectivity index (χ2n) is 12.9. The molecule has 1 heterocycles. The van der Waals surface area contributed by atoms with Crippen molar-refractivity contribution in [2.24, 2.45) is 0 Å². The first kappa shape index (κ1) is 20.9. The zero-order valence-corrected chi connectivity index (χ0v) is 25.0. The fourth-order valence-electron chi connectivity index (χ4n) is 7.02. The van der Waals surface area contributed by atoms with Crippen LogP contribution in [0.5, 0.6) is 11.5 Å². The van der Waals surface area contributed by atoms with Crippen molar-refractivity contribution in [3.63, 3.8) is 0 Å². The molecular weight excluding hydrogens is 532 g/mol. The number of para-hydroxylation sites is 2. The van der Waals surface area contributed by atoms with Crippen molar-refractivity contribution in [2.75, 3.05) is 0 Å². The van der Waals surface area contributed by atoms with Gasteiger partial charge < -0.3 is 4.74 Å². The lowest BCUT2D eigenvalue weighted by Gasteiger charge is -2.36. The van der Waals surface area contributed by atoms with Crippen LogP contribution in [0.2, 0.25) is 0 Å². The van der Waals surface area contributed by atoms with Gasteiger partial charge in [0.1, 0.15) is 11.5 Å². The molecule has 1 nitrogen and oxygen atoms in total. The summed E-state index contributed by atoms with van der Waals surface area (Å²) in [6.07, 6.45) is 0. The van der Waals surface area contributed by atoms with Crippen molar-refractivity contribution < 1.29 is 13.0 Å². The Morgan fingerprint density at radius 3 is 1.48 bits per heavy atom. The minimum absolute atomic E-state index is 0.139. The molecule has 214 valence electrons. The van der Waals surface area contributed by atoms with Gasteiger partial charge in [-0.05, 0) is 79.2 Å². The van der Waals surface area contributed by atoms with Crippen molar-refractivity contribution in [3.8, 4) is 67.1 Å². The van der Waals surface area contributed by atoms with Crippen molar-refractivity contribution in [2.45, 2.75) is 45.3 Å². The Kier molecular flexibility index (Phi) is 4.55. The topological polar surface area (TPSA) is 9.23 Å². The molecule has 1 aliphatic carbocycles. The van der Waals surface area contributed by atoms with Gasteiger partial charge in [-0.3, -0.25) is 0 Å². The lowest BCUT2D eigenvalue weighted by Crippen LogP contribution is -2.24. The third kappa shape index (κ3) is 3.92. The molecule has 2 aliphatic rings. The molecule has 0 amide bonds. The van der Waals surface area contributed by atoms with Gasteiger partial charge in [-0.1, -0.05) is 144 Å². The second kappa shape index (κ2) is 9.56. The zero-order chi connectivity index (χ0) is 35.2. The van der Waals surface area contributed by atoms with Crippen LogP contribution >= 0.6 is 0 Å². The zero-order valence-electron chi connectivity index (χ0n) is 31.0. The molecule has 0 aromatic heterocycles. The Morgan fingerprint density at radius 2 is 0.932 bits per heavy atom. The summed E-state index contributed by atoms with van der Waals surface area (Å²) in [6.45, 7) is 0.659. The lowest BCUT2D eigenvalue weighted by atomic mass is 9.72. The summed E-state index contributed by atoms with van der Waals surface area (Å²) in [4.78, 5) is 0. The average Bonchev–Trinajstić information content (AvgIpc) is 3.07. The highest BCUT2D eigenvalue weighted by atomic mass is 16.5. The SMILES string of the molecule is [2H]C([2H])([2H])C1(C([2H])([2H])[2H])c2ccccc2Oc2c(-c3cc4c(cc3C(C)(C)C)-c3ccccc3-c3ccccc3-c3ccccc3-4)cccc21. The summed E-state index contributed by atoms with van der Waals surface area (Å²) < 4.78 is 59.5. The minimum Gasteiger partial charge on any atom is -0.456 e. The molecule has 0 unspecified atom stereocenters. The molecular formula is C43H36O. The van der Waals surface area contributed by atoms with Crippen LogP contribution in [0.1, 0.15) is 59.4 Å². The summed E-state index contributed by atoms with van der Waals surface area (Å²) in [5.41, 5.74) is 9.01. The third-order valence-electron chi connectivity index (χ3n) is 9.12. The highest BCUT2D eigenvalue weighted by molar-refractivity contribution is 6.04. The van der Waals surface area contributed by atoms with Crippen LogP contribution in [-0.4, -0.2) is 0 Å². The van der Waals surface area contributed by atoms with Crippen LogP contribution in [0.15, 0.2) is 127 Å².